The van der Waals surface area contributed by atoms with E-state index in [1.807, 2.05) is 12.1 Å². The monoisotopic (exact) mass is 409 g/mol. The highest BCUT2D eigenvalue weighted by Gasteiger charge is 2.32. The standard InChI is InChI=1S/C22H23N3O3S/c23-15-16-4-8-21(9-5-16)29(27,28)25-12-10-18(11-13-25)22(26)24-20-7-6-17-2-1-3-19(17)14-20/h4-9,14,18H,1-3,10-13H2,(H,24,26). The molecular weight excluding hydrogens is 386 g/mol. The average molecular weight is 410 g/mol. The zero-order valence-electron chi connectivity index (χ0n) is 16.1. The predicted octanol–water partition coefficient (Wildman–Crippen LogP) is 3.09. The van der Waals surface area contributed by atoms with Gasteiger partial charge in [-0.15, -0.1) is 0 Å². The minimum absolute atomic E-state index is 0.0432. The molecule has 2 aliphatic rings. The fraction of sp³-hybridized carbons (Fsp3) is 0.364. The molecule has 0 atom stereocenters. The van der Waals surface area contributed by atoms with Gasteiger partial charge in [0.15, 0.2) is 0 Å². The van der Waals surface area contributed by atoms with E-state index in [4.69, 9.17) is 5.26 Å². The van der Waals surface area contributed by atoms with Crippen molar-refractivity contribution in [1.29, 1.82) is 5.26 Å². The number of nitrogens with one attached hydrogen (secondary N) is 1. The second-order valence-electron chi connectivity index (χ2n) is 7.64. The number of anilines is 1. The fourth-order valence-electron chi connectivity index (χ4n) is 4.10. The van der Waals surface area contributed by atoms with Gasteiger partial charge >= 0.3 is 0 Å². The molecule has 150 valence electrons. The predicted molar refractivity (Wildman–Crippen MR) is 110 cm³/mol. The van der Waals surface area contributed by atoms with Crippen molar-refractivity contribution in [1.82, 2.24) is 4.31 Å². The molecule has 0 spiro atoms. The first-order valence-electron chi connectivity index (χ1n) is 9.90. The molecule has 1 fully saturated rings. The van der Waals surface area contributed by atoms with Crippen LogP contribution < -0.4 is 5.32 Å². The van der Waals surface area contributed by atoms with Gasteiger partial charge in [0.2, 0.25) is 15.9 Å². The van der Waals surface area contributed by atoms with Crippen molar-refractivity contribution in [2.24, 2.45) is 5.92 Å². The highest BCUT2D eigenvalue weighted by atomic mass is 32.2. The van der Waals surface area contributed by atoms with Gasteiger partial charge in [-0.2, -0.15) is 9.57 Å². The number of carbonyl (C=O) groups is 1. The van der Waals surface area contributed by atoms with Crippen molar-refractivity contribution < 1.29 is 13.2 Å². The van der Waals surface area contributed by atoms with Crippen molar-refractivity contribution in [3.63, 3.8) is 0 Å². The lowest BCUT2D eigenvalue weighted by atomic mass is 9.97. The number of hydrogen-bond acceptors (Lipinski definition) is 4. The molecule has 7 heteroatoms. The number of piperidine rings is 1. The van der Waals surface area contributed by atoms with E-state index in [0.717, 1.165) is 18.5 Å². The molecule has 29 heavy (non-hydrogen) atoms. The van der Waals surface area contributed by atoms with E-state index in [1.165, 1.54) is 46.1 Å². The van der Waals surface area contributed by atoms with Gasteiger partial charge in [0.25, 0.3) is 0 Å². The molecule has 1 heterocycles. The first-order valence-corrected chi connectivity index (χ1v) is 11.3. The number of benzene rings is 2. The summed E-state index contributed by atoms with van der Waals surface area (Å²) in [5.41, 5.74) is 3.92. The summed E-state index contributed by atoms with van der Waals surface area (Å²) in [4.78, 5) is 12.8. The van der Waals surface area contributed by atoms with Crippen molar-refractivity contribution in [3.05, 3.63) is 59.2 Å². The maximum absolute atomic E-state index is 12.8. The number of nitrogens with zero attached hydrogens (tertiary/aromatic N) is 2. The minimum atomic E-state index is -3.61. The van der Waals surface area contributed by atoms with Crippen molar-refractivity contribution in [3.8, 4) is 6.07 Å². The first kappa shape index (κ1) is 19.6. The Balaban J connectivity index is 1.37. The smallest absolute Gasteiger partial charge is 0.243 e. The molecule has 1 aliphatic heterocycles. The highest BCUT2D eigenvalue weighted by Crippen LogP contribution is 2.27. The summed E-state index contributed by atoms with van der Waals surface area (Å²) in [6.45, 7) is 0.620. The minimum Gasteiger partial charge on any atom is -0.326 e. The molecule has 1 aliphatic carbocycles. The van der Waals surface area contributed by atoms with E-state index in [-0.39, 0.29) is 16.7 Å². The Hall–Kier alpha value is -2.69. The van der Waals surface area contributed by atoms with E-state index >= 15 is 0 Å². The molecule has 0 aromatic heterocycles. The van der Waals surface area contributed by atoms with Crippen LogP contribution >= 0.6 is 0 Å². The highest BCUT2D eigenvalue weighted by molar-refractivity contribution is 7.89. The average Bonchev–Trinajstić information content (AvgIpc) is 3.22. The topological polar surface area (TPSA) is 90.3 Å². The van der Waals surface area contributed by atoms with Gasteiger partial charge in [0.05, 0.1) is 16.5 Å². The van der Waals surface area contributed by atoms with E-state index < -0.39 is 10.0 Å². The van der Waals surface area contributed by atoms with Crippen LogP contribution in [0.5, 0.6) is 0 Å². The van der Waals surface area contributed by atoms with Gasteiger partial charge in [-0.1, -0.05) is 6.07 Å². The third-order valence-corrected chi connectivity index (χ3v) is 7.72. The van der Waals surface area contributed by atoms with E-state index in [1.54, 1.807) is 0 Å². The van der Waals surface area contributed by atoms with Crippen LogP contribution in [-0.2, 0) is 27.7 Å². The maximum Gasteiger partial charge on any atom is 0.243 e. The number of nitriles is 1. The molecule has 1 N–H and O–H groups in total. The van der Waals surface area contributed by atoms with E-state index in [9.17, 15) is 13.2 Å². The molecule has 0 unspecified atom stereocenters. The zero-order chi connectivity index (χ0) is 20.4. The third-order valence-electron chi connectivity index (χ3n) is 5.81. The van der Waals surface area contributed by atoms with Gasteiger partial charge in [-0.3, -0.25) is 4.79 Å². The molecule has 1 saturated heterocycles. The summed E-state index contributed by atoms with van der Waals surface area (Å²) in [6, 6.07) is 14.0. The summed E-state index contributed by atoms with van der Waals surface area (Å²) >= 11 is 0. The van der Waals surface area contributed by atoms with Crippen LogP contribution in [0.2, 0.25) is 0 Å². The SMILES string of the molecule is N#Cc1ccc(S(=O)(=O)N2CCC(C(=O)Nc3ccc4c(c3)CCC4)CC2)cc1. The van der Waals surface area contributed by atoms with Gasteiger partial charge in [-0.05, 0) is 79.6 Å². The quantitative estimate of drug-likeness (QED) is 0.840. The van der Waals surface area contributed by atoms with Crippen LogP contribution in [0.1, 0.15) is 36.0 Å². The molecule has 0 bridgehead atoms. The van der Waals surface area contributed by atoms with Crippen LogP contribution in [0.4, 0.5) is 5.69 Å². The van der Waals surface area contributed by atoms with Gasteiger partial charge in [-0.25, -0.2) is 8.42 Å². The number of rotatable bonds is 4. The Morgan fingerprint density at radius 1 is 1.03 bits per heavy atom. The van der Waals surface area contributed by atoms with Crippen molar-refractivity contribution in [2.75, 3.05) is 18.4 Å². The van der Waals surface area contributed by atoms with E-state index in [0.29, 0.717) is 31.5 Å². The van der Waals surface area contributed by atoms with Gasteiger partial charge in [0, 0.05) is 24.7 Å². The fourth-order valence-corrected chi connectivity index (χ4v) is 5.57. The lowest BCUT2D eigenvalue weighted by Crippen LogP contribution is -2.41. The molecule has 1 amide bonds. The molecule has 4 rings (SSSR count). The second-order valence-corrected chi connectivity index (χ2v) is 9.58. The summed E-state index contributed by atoms with van der Waals surface area (Å²) in [5.74, 6) is -0.242. The van der Waals surface area contributed by atoms with Crippen molar-refractivity contribution in [2.45, 2.75) is 37.0 Å². The Labute approximate surface area is 171 Å². The van der Waals surface area contributed by atoms with Crippen LogP contribution in [0, 0.1) is 17.2 Å². The number of sulfonamides is 1. The molecule has 2 aromatic carbocycles. The van der Waals surface area contributed by atoms with E-state index in [2.05, 4.69) is 17.4 Å². The van der Waals surface area contributed by atoms with Crippen LogP contribution in [0.25, 0.3) is 0 Å². The Morgan fingerprint density at radius 3 is 2.41 bits per heavy atom. The zero-order valence-corrected chi connectivity index (χ0v) is 16.9. The number of carbonyl (C=O) groups excluding carboxylic acids is 1. The second kappa shape index (κ2) is 7.97. The molecule has 6 nitrogen and oxygen atoms in total. The molecular formula is C22H23N3O3S. The lowest BCUT2D eigenvalue weighted by molar-refractivity contribution is -0.120. The van der Waals surface area contributed by atoms with Crippen LogP contribution in [0.15, 0.2) is 47.4 Å². The number of aryl methyl sites for hydroxylation is 2. The van der Waals surface area contributed by atoms with Crippen LogP contribution in [0.3, 0.4) is 0 Å². The summed E-state index contributed by atoms with van der Waals surface area (Å²) < 4.78 is 27.0. The van der Waals surface area contributed by atoms with Gasteiger partial charge in [0.1, 0.15) is 0 Å². The molecule has 2 aromatic rings. The normalized spacial score (nSPS) is 17.5. The number of amides is 1. The maximum atomic E-state index is 12.8. The summed E-state index contributed by atoms with van der Waals surface area (Å²) in [7, 11) is -3.61. The number of hydrogen-bond donors (Lipinski definition) is 1. The lowest BCUT2D eigenvalue weighted by Gasteiger charge is -2.30. The summed E-state index contributed by atoms with van der Waals surface area (Å²) in [6.07, 6.45) is 4.32. The Bertz CT molecular complexity index is 1060. The third kappa shape index (κ3) is 4.04. The van der Waals surface area contributed by atoms with Crippen LogP contribution in [-0.4, -0.2) is 31.7 Å². The Morgan fingerprint density at radius 2 is 1.72 bits per heavy atom. The first-order chi connectivity index (χ1) is 14.0. The number of fused-ring (bicyclic) bond motifs is 1. The largest absolute Gasteiger partial charge is 0.326 e. The molecule has 0 radical (unpaired) electrons. The summed E-state index contributed by atoms with van der Waals surface area (Å²) in [5, 5.41) is 11.9. The van der Waals surface area contributed by atoms with Gasteiger partial charge < -0.3 is 5.32 Å². The Kier molecular flexibility index (Phi) is 5.39. The molecule has 0 saturated carbocycles. The van der Waals surface area contributed by atoms with Crippen molar-refractivity contribution >= 4 is 21.6 Å².